The zero-order valence-corrected chi connectivity index (χ0v) is 14.8. The third kappa shape index (κ3) is 3.30. The Morgan fingerprint density at radius 2 is 2.00 bits per heavy atom. The average molecular weight is 378 g/mol. The first-order valence-electron chi connectivity index (χ1n) is 7.82. The summed E-state index contributed by atoms with van der Waals surface area (Å²) < 4.78 is 38.7. The lowest BCUT2D eigenvalue weighted by molar-refractivity contribution is -0.156. The van der Waals surface area contributed by atoms with Gasteiger partial charge in [-0.05, 0) is 43.6 Å². The second kappa shape index (κ2) is 6.50. The highest BCUT2D eigenvalue weighted by molar-refractivity contribution is 8.13. The van der Waals surface area contributed by atoms with Gasteiger partial charge in [-0.15, -0.1) is 11.8 Å². The van der Waals surface area contributed by atoms with E-state index in [1.54, 1.807) is 17.2 Å². The summed E-state index contributed by atoms with van der Waals surface area (Å²) in [5.74, 6) is 0. The van der Waals surface area contributed by atoms with Gasteiger partial charge in [0, 0.05) is 29.9 Å². The summed E-state index contributed by atoms with van der Waals surface area (Å²) in [6.07, 6.45) is 3.42. The smallest absolute Gasteiger partial charge is 0.297 e. The first kappa shape index (κ1) is 18.0. The molecule has 2 aliphatic rings. The van der Waals surface area contributed by atoms with Gasteiger partial charge in [0.25, 0.3) is 0 Å². The van der Waals surface area contributed by atoms with Crippen LogP contribution >= 0.6 is 23.4 Å². The molecule has 0 radical (unpaired) electrons. The molecular weight excluding hydrogens is 359 g/mol. The molecule has 132 valence electrons. The Morgan fingerprint density at radius 1 is 1.38 bits per heavy atom. The summed E-state index contributed by atoms with van der Waals surface area (Å²) >= 11 is 7.43. The molecule has 0 aliphatic carbocycles. The van der Waals surface area contributed by atoms with Crippen molar-refractivity contribution in [3.05, 3.63) is 29.0 Å². The van der Waals surface area contributed by atoms with Gasteiger partial charge in [0.05, 0.1) is 16.6 Å². The van der Waals surface area contributed by atoms with Gasteiger partial charge < -0.3 is 0 Å². The number of nitrogens with one attached hydrogen (secondary N) is 1. The molecule has 3 nitrogen and oxygen atoms in total. The highest BCUT2D eigenvalue weighted by Gasteiger charge is 2.53. The number of aromatic nitrogens is 1. The molecule has 2 bridgehead atoms. The van der Waals surface area contributed by atoms with Gasteiger partial charge in [0.15, 0.2) is 0 Å². The number of halogens is 4. The SMILES string of the molecule is CSC(=N)[C@@]1(c2cncc(Cl)c2)C[C@H]2CC[C@@H](C1)N2CC(F)(F)F. The van der Waals surface area contributed by atoms with Crippen LogP contribution < -0.4 is 0 Å². The fraction of sp³-hybridized carbons (Fsp3) is 0.625. The summed E-state index contributed by atoms with van der Waals surface area (Å²) in [6, 6.07) is 1.49. The van der Waals surface area contributed by atoms with Gasteiger partial charge in [0.1, 0.15) is 0 Å². The lowest BCUT2D eigenvalue weighted by Crippen LogP contribution is -2.54. The number of hydrogen-bond donors (Lipinski definition) is 1. The number of pyridine rings is 1. The van der Waals surface area contributed by atoms with Gasteiger partial charge in [-0.2, -0.15) is 13.2 Å². The van der Waals surface area contributed by atoms with Crippen LogP contribution in [0.5, 0.6) is 0 Å². The Hall–Kier alpha value is -0.790. The van der Waals surface area contributed by atoms with Crippen molar-refractivity contribution in [3.63, 3.8) is 0 Å². The molecule has 3 rings (SSSR count). The molecule has 2 aliphatic heterocycles. The van der Waals surface area contributed by atoms with Gasteiger partial charge in [-0.3, -0.25) is 15.3 Å². The predicted molar refractivity (Wildman–Crippen MR) is 91.0 cm³/mol. The lowest BCUT2D eigenvalue weighted by Gasteiger charge is -2.47. The second-order valence-electron chi connectivity index (χ2n) is 6.59. The van der Waals surface area contributed by atoms with Crippen LogP contribution in [0.2, 0.25) is 5.02 Å². The highest BCUT2D eigenvalue weighted by Crippen LogP contribution is 2.50. The van der Waals surface area contributed by atoms with Gasteiger partial charge in [-0.1, -0.05) is 11.6 Å². The first-order chi connectivity index (χ1) is 11.2. The zero-order valence-electron chi connectivity index (χ0n) is 13.2. The van der Waals surface area contributed by atoms with Crippen LogP contribution in [0.15, 0.2) is 18.5 Å². The molecule has 1 aromatic rings. The Labute approximate surface area is 148 Å². The van der Waals surface area contributed by atoms with E-state index >= 15 is 0 Å². The van der Waals surface area contributed by atoms with Gasteiger partial charge >= 0.3 is 6.18 Å². The Morgan fingerprint density at radius 3 is 2.50 bits per heavy atom. The van der Waals surface area contributed by atoms with Crippen molar-refractivity contribution in [2.75, 3.05) is 12.8 Å². The van der Waals surface area contributed by atoms with Crippen molar-refractivity contribution in [3.8, 4) is 0 Å². The quantitative estimate of drug-likeness (QED) is 0.622. The molecule has 1 N–H and O–H groups in total. The number of piperidine rings is 1. The molecule has 1 aromatic heterocycles. The summed E-state index contributed by atoms with van der Waals surface area (Å²) in [6.45, 7) is -0.862. The molecule has 24 heavy (non-hydrogen) atoms. The van der Waals surface area contributed by atoms with Crippen LogP contribution in [0.3, 0.4) is 0 Å². The van der Waals surface area contributed by atoms with E-state index in [9.17, 15) is 13.2 Å². The van der Waals surface area contributed by atoms with Crippen molar-refractivity contribution in [1.29, 1.82) is 5.41 Å². The molecule has 2 saturated heterocycles. The van der Waals surface area contributed by atoms with Gasteiger partial charge in [-0.25, -0.2) is 0 Å². The van der Waals surface area contributed by atoms with E-state index in [-0.39, 0.29) is 12.1 Å². The van der Waals surface area contributed by atoms with Crippen LogP contribution in [-0.2, 0) is 5.41 Å². The number of nitrogens with zero attached hydrogens (tertiary/aromatic N) is 2. The summed E-state index contributed by atoms with van der Waals surface area (Å²) in [7, 11) is 0. The maximum Gasteiger partial charge on any atom is 0.401 e. The first-order valence-corrected chi connectivity index (χ1v) is 9.42. The lowest BCUT2D eigenvalue weighted by atomic mass is 9.71. The minimum Gasteiger partial charge on any atom is -0.297 e. The van der Waals surface area contributed by atoms with Crippen molar-refractivity contribution in [2.24, 2.45) is 0 Å². The summed E-state index contributed by atoms with van der Waals surface area (Å²) in [5, 5.41) is 9.47. The number of hydrogen-bond acceptors (Lipinski definition) is 4. The molecule has 2 fully saturated rings. The third-order valence-corrected chi connectivity index (χ3v) is 6.20. The van der Waals surface area contributed by atoms with E-state index < -0.39 is 18.1 Å². The van der Waals surface area contributed by atoms with Crippen molar-refractivity contribution < 1.29 is 13.2 Å². The largest absolute Gasteiger partial charge is 0.401 e. The summed E-state index contributed by atoms with van der Waals surface area (Å²) in [4.78, 5) is 5.73. The van der Waals surface area contributed by atoms with Crippen LogP contribution in [-0.4, -0.2) is 46.0 Å². The molecule has 8 heteroatoms. The molecule has 0 unspecified atom stereocenters. The minimum atomic E-state index is -4.19. The third-order valence-electron chi connectivity index (χ3n) is 5.20. The number of thioether (sulfide) groups is 1. The molecular formula is C16H19ClF3N3S. The maximum atomic E-state index is 12.9. The molecule has 3 atom stereocenters. The van der Waals surface area contributed by atoms with E-state index in [0.29, 0.717) is 22.9 Å². The number of rotatable bonds is 3. The second-order valence-corrected chi connectivity index (χ2v) is 7.84. The molecule has 0 amide bonds. The van der Waals surface area contributed by atoms with Crippen LogP contribution in [0.1, 0.15) is 31.2 Å². The zero-order chi connectivity index (χ0) is 17.5. The van der Waals surface area contributed by atoms with Crippen molar-refractivity contribution in [1.82, 2.24) is 9.88 Å². The molecule has 0 aromatic carbocycles. The normalized spacial score (nSPS) is 30.5. The van der Waals surface area contributed by atoms with Crippen LogP contribution in [0.4, 0.5) is 13.2 Å². The molecule has 0 spiro atoms. The van der Waals surface area contributed by atoms with Crippen LogP contribution in [0, 0.1) is 5.41 Å². The van der Waals surface area contributed by atoms with E-state index in [1.165, 1.54) is 18.0 Å². The van der Waals surface area contributed by atoms with E-state index in [4.69, 9.17) is 17.0 Å². The Balaban J connectivity index is 1.95. The predicted octanol–water partition coefficient (Wildman–Crippen LogP) is 4.50. The fourth-order valence-electron chi connectivity index (χ4n) is 4.23. The monoisotopic (exact) mass is 377 g/mol. The standard InChI is InChI=1S/C16H19ClF3N3S/c1-24-14(21)15(10-4-11(17)8-22-7-10)5-12-2-3-13(6-15)23(12)9-16(18,19)20/h4,7-8,12-13,21H,2-3,5-6,9H2,1H3/t12-,13+,15+. The average Bonchev–Trinajstić information content (AvgIpc) is 2.75. The van der Waals surface area contributed by atoms with Crippen molar-refractivity contribution in [2.45, 2.75) is 49.4 Å². The topological polar surface area (TPSA) is 40.0 Å². The number of alkyl halides is 3. The molecule has 3 heterocycles. The van der Waals surface area contributed by atoms with Gasteiger partial charge in [0.2, 0.25) is 0 Å². The highest BCUT2D eigenvalue weighted by atomic mass is 35.5. The van der Waals surface area contributed by atoms with Crippen molar-refractivity contribution >= 4 is 28.4 Å². The Bertz CT molecular complexity index is 623. The number of fused-ring (bicyclic) bond motifs is 2. The fourth-order valence-corrected chi connectivity index (χ4v) is 5.08. The minimum absolute atomic E-state index is 0.156. The maximum absolute atomic E-state index is 12.9. The summed E-state index contributed by atoms with van der Waals surface area (Å²) in [5.41, 5.74) is 0.267. The Kier molecular flexibility index (Phi) is 4.88. The van der Waals surface area contributed by atoms with E-state index in [0.717, 1.165) is 18.4 Å². The van der Waals surface area contributed by atoms with E-state index in [1.807, 2.05) is 6.26 Å². The molecule has 0 saturated carbocycles. The van der Waals surface area contributed by atoms with E-state index in [2.05, 4.69) is 4.98 Å². The van der Waals surface area contributed by atoms with Crippen LogP contribution in [0.25, 0.3) is 0 Å².